The van der Waals surface area contributed by atoms with Gasteiger partial charge in [0.2, 0.25) is 10.0 Å². The second-order valence-corrected chi connectivity index (χ2v) is 5.45. The van der Waals surface area contributed by atoms with Crippen LogP contribution < -0.4 is 0 Å². The zero-order valence-electron chi connectivity index (χ0n) is 9.70. The number of sulfonamides is 1. The van der Waals surface area contributed by atoms with E-state index in [0.29, 0.717) is 13.0 Å². The summed E-state index contributed by atoms with van der Waals surface area (Å²) >= 11 is 0. The first kappa shape index (κ1) is 14.0. The average Bonchev–Trinajstić information content (AvgIpc) is 2.30. The lowest BCUT2D eigenvalue weighted by molar-refractivity contribution is 0.271. The Morgan fingerprint density at radius 3 is 2.47 bits per heavy atom. The highest BCUT2D eigenvalue weighted by Crippen LogP contribution is 2.24. The number of phenolic OH excluding ortho intramolecular Hbond substituents is 1. The van der Waals surface area contributed by atoms with Gasteiger partial charge in [-0.25, -0.2) is 8.42 Å². The van der Waals surface area contributed by atoms with Crippen LogP contribution in [0, 0.1) is 0 Å². The van der Waals surface area contributed by atoms with Crippen molar-refractivity contribution in [3.8, 4) is 5.75 Å². The van der Waals surface area contributed by atoms with E-state index in [9.17, 15) is 13.5 Å². The van der Waals surface area contributed by atoms with E-state index in [4.69, 9.17) is 5.11 Å². The fourth-order valence-electron chi connectivity index (χ4n) is 1.51. The molecule has 0 aliphatic heterocycles. The lowest BCUT2D eigenvalue weighted by atomic mass is 10.3. The van der Waals surface area contributed by atoms with Crippen LogP contribution in [0.1, 0.15) is 13.3 Å². The SMILES string of the molecule is CCN(CCCO)S(=O)(=O)c1ccccc1O. The Bertz CT molecular complexity index is 458. The summed E-state index contributed by atoms with van der Waals surface area (Å²) in [5.74, 6) is -0.255. The van der Waals surface area contributed by atoms with E-state index in [-0.39, 0.29) is 23.8 Å². The maximum Gasteiger partial charge on any atom is 0.246 e. The summed E-state index contributed by atoms with van der Waals surface area (Å²) in [4.78, 5) is -0.0974. The third-order valence-corrected chi connectivity index (χ3v) is 4.42. The second-order valence-electron chi connectivity index (χ2n) is 3.54. The van der Waals surface area contributed by atoms with Crippen LogP contribution in [0.15, 0.2) is 29.2 Å². The molecule has 0 aliphatic rings. The van der Waals surface area contributed by atoms with Gasteiger partial charge >= 0.3 is 0 Å². The van der Waals surface area contributed by atoms with E-state index in [1.807, 2.05) is 0 Å². The van der Waals surface area contributed by atoms with Gasteiger partial charge in [0.05, 0.1) is 0 Å². The number of rotatable bonds is 6. The Morgan fingerprint density at radius 1 is 1.29 bits per heavy atom. The minimum Gasteiger partial charge on any atom is -0.507 e. The van der Waals surface area contributed by atoms with Crippen molar-refractivity contribution in [2.75, 3.05) is 19.7 Å². The van der Waals surface area contributed by atoms with Gasteiger partial charge in [-0.15, -0.1) is 0 Å². The molecule has 0 atom stereocenters. The third kappa shape index (κ3) is 3.18. The zero-order chi connectivity index (χ0) is 12.9. The predicted octanol–water partition coefficient (Wildman–Crippen LogP) is 0.785. The summed E-state index contributed by atoms with van der Waals surface area (Å²) in [6.07, 6.45) is 0.376. The largest absolute Gasteiger partial charge is 0.507 e. The summed E-state index contributed by atoms with van der Waals surface area (Å²) in [5, 5.41) is 18.3. The van der Waals surface area contributed by atoms with E-state index < -0.39 is 10.0 Å². The molecule has 0 saturated carbocycles. The number of aliphatic hydroxyl groups is 1. The molecular weight excluding hydrogens is 242 g/mol. The topological polar surface area (TPSA) is 77.8 Å². The summed E-state index contributed by atoms with van der Waals surface area (Å²) < 4.78 is 25.6. The van der Waals surface area contributed by atoms with Crippen molar-refractivity contribution in [3.05, 3.63) is 24.3 Å². The standard InChI is InChI=1S/C11H17NO4S/c1-2-12(8-5-9-13)17(15,16)11-7-4-3-6-10(11)14/h3-4,6-7,13-14H,2,5,8-9H2,1H3. The Labute approximate surface area is 101 Å². The second kappa shape index (κ2) is 6.00. The van der Waals surface area contributed by atoms with Gasteiger partial charge in [0, 0.05) is 19.7 Å². The van der Waals surface area contributed by atoms with Crippen molar-refractivity contribution in [2.45, 2.75) is 18.2 Å². The number of aliphatic hydroxyl groups excluding tert-OH is 1. The smallest absolute Gasteiger partial charge is 0.246 e. The van der Waals surface area contributed by atoms with Gasteiger partial charge in [-0.3, -0.25) is 0 Å². The van der Waals surface area contributed by atoms with E-state index in [2.05, 4.69) is 0 Å². The highest BCUT2D eigenvalue weighted by atomic mass is 32.2. The molecule has 1 aromatic rings. The lowest BCUT2D eigenvalue weighted by Crippen LogP contribution is -2.32. The van der Waals surface area contributed by atoms with Crippen LogP contribution in [0.25, 0.3) is 0 Å². The minimum atomic E-state index is -3.68. The van der Waals surface area contributed by atoms with Crippen LogP contribution in [0.2, 0.25) is 0 Å². The van der Waals surface area contributed by atoms with Crippen molar-refractivity contribution in [1.82, 2.24) is 4.31 Å². The van der Waals surface area contributed by atoms with E-state index in [1.54, 1.807) is 19.1 Å². The molecule has 0 bridgehead atoms. The van der Waals surface area contributed by atoms with Crippen molar-refractivity contribution in [1.29, 1.82) is 0 Å². The van der Waals surface area contributed by atoms with E-state index in [0.717, 1.165) is 0 Å². The minimum absolute atomic E-state index is 0.0627. The molecule has 0 unspecified atom stereocenters. The Morgan fingerprint density at radius 2 is 1.94 bits per heavy atom. The van der Waals surface area contributed by atoms with E-state index in [1.165, 1.54) is 16.4 Å². The van der Waals surface area contributed by atoms with Crippen LogP contribution in [0.4, 0.5) is 0 Å². The number of benzene rings is 1. The lowest BCUT2D eigenvalue weighted by Gasteiger charge is -2.20. The van der Waals surface area contributed by atoms with Gasteiger partial charge in [0.25, 0.3) is 0 Å². The van der Waals surface area contributed by atoms with Crippen LogP contribution in [-0.4, -0.2) is 42.6 Å². The van der Waals surface area contributed by atoms with Crippen molar-refractivity contribution in [3.63, 3.8) is 0 Å². The normalized spacial score (nSPS) is 11.9. The van der Waals surface area contributed by atoms with Gasteiger partial charge in [0.15, 0.2) is 0 Å². The molecule has 96 valence electrons. The monoisotopic (exact) mass is 259 g/mol. The molecule has 0 spiro atoms. The van der Waals surface area contributed by atoms with Gasteiger partial charge in [-0.2, -0.15) is 4.31 Å². The molecule has 1 aromatic carbocycles. The van der Waals surface area contributed by atoms with Crippen molar-refractivity contribution in [2.24, 2.45) is 0 Å². The molecule has 0 amide bonds. The molecule has 0 aromatic heterocycles. The summed E-state index contributed by atoms with van der Waals surface area (Å²) in [5.41, 5.74) is 0. The summed E-state index contributed by atoms with van der Waals surface area (Å²) in [7, 11) is -3.68. The Kier molecular flexibility index (Phi) is 4.92. The number of hydrogen-bond acceptors (Lipinski definition) is 4. The van der Waals surface area contributed by atoms with Gasteiger partial charge in [-0.1, -0.05) is 19.1 Å². The molecular formula is C11H17NO4S. The molecule has 1 rings (SSSR count). The summed E-state index contributed by atoms with van der Waals surface area (Å²) in [6.45, 7) is 2.20. The first-order valence-corrected chi connectivity index (χ1v) is 6.87. The number of aromatic hydroxyl groups is 1. The molecule has 0 heterocycles. The number of hydrogen-bond donors (Lipinski definition) is 2. The van der Waals surface area contributed by atoms with E-state index >= 15 is 0 Å². The molecule has 6 heteroatoms. The summed E-state index contributed by atoms with van der Waals surface area (Å²) in [6, 6.07) is 5.84. The maximum atomic E-state index is 12.2. The fourth-order valence-corrected chi connectivity index (χ4v) is 3.08. The van der Waals surface area contributed by atoms with Crippen molar-refractivity contribution >= 4 is 10.0 Å². The number of para-hydroxylation sites is 1. The molecule has 2 N–H and O–H groups in total. The van der Waals surface area contributed by atoms with Crippen molar-refractivity contribution < 1.29 is 18.6 Å². The molecule has 0 saturated heterocycles. The molecule has 0 radical (unpaired) electrons. The fraction of sp³-hybridized carbons (Fsp3) is 0.455. The number of nitrogens with zero attached hydrogens (tertiary/aromatic N) is 1. The van der Waals surface area contributed by atoms with Gasteiger partial charge < -0.3 is 10.2 Å². The third-order valence-electron chi connectivity index (χ3n) is 2.40. The molecule has 5 nitrogen and oxygen atoms in total. The predicted molar refractivity (Wildman–Crippen MR) is 64.2 cm³/mol. The Hall–Kier alpha value is -1.11. The first-order valence-electron chi connectivity index (χ1n) is 5.43. The van der Waals surface area contributed by atoms with Crippen LogP contribution in [0.5, 0.6) is 5.75 Å². The highest BCUT2D eigenvalue weighted by Gasteiger charge is 2.25. The highest BCUT2D eigenvalue weighted by molar-refractivity contribution is 7.89. The van der Waals surface area contributed by atoms with Gasteiger partial charge in [0.1, 0.15) is 10.6 Å². The quantitative estimate of drug-likeness (QED) is 0.791. The zero-order valence-corrected chi connectivity index (χ0v) is 10.5. The van der Waals surface area contributed by atoms with Crippen LogP contribution in [-0.2, 0) is 10.0 Å². The van der Waals surface area contributed by atoms with Gasteiger partial charge in [-0.05, 0) is 18.6 Å². The first-order chi connectivity index (χ1) is 8.04. The average molecular weight is 259 g/mol. The molecule has 17 heavy (non-hydrogen) atoms. The van der Waals surface area contributed by atoms with Crippen LogP contribution in [0.3, 0.4) is 0 Å². The maximum absolute atomic E-state index is 12.2. The molecule has 0 aliphatic carbocycles. The molecule has 0 fully saturated rings. The number of phenols is 1. The Balaban J connectivity index is 3.05. The van der Waals surface area contributed by atoms with Crippen LogP contribution >= 0.6 is 0 Å².